The molecular formula is C16H24FN3. The summed E-state index contributed by atoms with van der Waals surface area (Å²) in [5, 5.41) is 7.59. The highest BCUT2D eigenvalue weighted by molar-refractivity contribution is 5.96. The molecule has 0 atom stereocenters. The van der Waals surface area contributed by atoms with E-state index in [9.17, 15) is 4.39 Å². The van der Waals surface area contributed by atoms with E-state index in [0.717, 1.165) is 12.1 Å². The Morgan fingerprint density at radius 3 is 2.55 bits per heavy atom. The van der Waals surface area contributed by atoms with E-state index in [1.807, 2.05) is 0 Å². The molecular weight excluding hydrogens is 253 g/mol. The van der Waals surface area contributed by atoms with Crippen LogP contribution in [-0.4, -0.2) is 23.8 Å². The zero-order valence-corrected chi connectivity index (χ0v) is 12.2. The van der Waals surface area contributed by atoms with Gasteiger partial charge in [0, 0.05) is 18.2 Å². The number of halogens is 1. The Kier molecular flexibility index (Phi) is 5.12. The molecule has 2 rings (SSSR count). The highest BCUT2D eigenvalue weighted by Gasteiger charge is 2.18. The first-order valence-electron chi connectivity index (χ1n) is 7.41. The van der Waals surface area contributed by atoms with Crippen LogP contribution < -0.4 is 5.73 Å². The molecule has 110 valence electrons. The number of rotatable bonds is 4. The van der Waals surface area contributed by atoms with E-state index in [0.29, 0.717) is 11.6 Å². The summed E-state index contributed by atoms with van der Waals surface area (Å²) in [5.74, 6) is -0.398. The molecule has 0 heterocycles. The normalized spacial score (nSPS) is 17.1. The van der Waals surface area contributed by atoms with Crippen molar-refractivity contribution in [1.29, 1.82) is 5.41 Å². The molecule has 3 nitrogen and oxygen atoms in total. The lowest BCUT2D eigenvalue weighted by Gasteiger charge is -2.27. The summed E-state index contributed by atoms with van der Waals surface area (Å²) in [6.45, 7) is 0.722. The van der Waals surface area contributed by atoms with Crippen LogP contribution in [0.25, 0.3) is 0 Å². The standard InChI is InChI=1S/C16H24FN3/c1-20(14-6-4-2-3-5-7-14)11-12-8-9-13(17)10-15(12)16(18)19/h8-10,14H,2-7,11H2,1H3,(H3,18,19). The lowest BCUT2D eigenvalue weighted by Crippen LogP contribution is -2.31. The minimum atomic E-state index is -0.337. The van der Waals surface area contributed by atoms with Gasteiger partial charge in [0.1, 0.15) is 11.7 Å². The lowest BCUT2D eigenvalue weighted by molar-refractivity contribution is 0.213. The van der Waals surface area contributed by atoms with Gasteiger partial charge in [-0.05, 0) is 37.6 Å². The number of amidine groups is 1. The van der Waals surface area contributed by atoms with Crippen LogP contribution in [0.2, 0.25) is 0 Å². The van der Waals surface area contributed by atoms with Gasteiger partial charge in [0.2, 0.25) is 0 Å². The molecule has 20 heavy (non-hydrogen) atoms. The van der Waals surface area contributed by atoms with Gasteiger partial charge in [0.25, 0.3) is 0 Å². The van der Waals surface area contributed by atoms with E-state index in [1.54, 1.807) is 6.07 Å². The quantitative estimate of drug-likeness (QED) is 0.504. The first-order valence-corrected chi connectivity index (χ1v) is 7.41. The SMILES string of the molecule is CN(Cc1ccc(F)cc1C(=N)N)C1CCCCCC1. The van der Waals surface area contributed by atoms with E-state index in [1.165, 1.54) is 50.7 Å². The smallest absolute Gasteiger partial charge is 0.123 e. The maximum atomic E-state index is 13.3. The zero-order valence-electron chi connectivity index (χ0n) is 12.2. The summed E-state index contributed by atoms with van der Waals surface area (Å²) in [4.78, 5) is 2.32. The number of nitrogens with zero attached hydrogens (tertiary/aromatic N) is 1. The number of nitrogens with two attached hydrogens (primary N) is 1. The summed E-state index contributed by atoms with van der Waals surface area (Å²) in [6.07, 6.45) is 7.70. The molecule has 0 radical (unpaired) electrons. The second kappa shape index (κ2) is 6.84. The van der Waals surface area contributed by atoms with Crippen molar-refractivity contribution in [2.75, 3.05) is 7.05 Å². The van der Waals surface area contributed by atoms with Gasteiger partial charge in [-0.25, -0.2) is 4.39 Å². The highest BCUT2D eigenvalue weighted by Crippen LogP contribution is 2.23. The number of hydrogen-bond donors (Lipinski definition) is 2. The molecule has 0 aromatic heterocycles. The van der Waals surface area contributed by atoms with Crippen molar-refractivity contribution < 1.29 is 4.39 Å². The molecule has 0 aliphatic heterocycles. The van der Waals surface area contributed by atoms with Gasteiger partial charge in [0.05, 0.1) is 0 Å². The van der Waals surface area contributed by atoms with Crippen LogP contribution in [0.3, 0.4) is 0 Å². The van der Waals surface area contributed by atoms with E-state index in [-0.39, 0.29) is 11.7 Å². The van der Waals surface area contributed by atoms with Crippen LogP contribution in [0.5, 0.6) is 0 Å². The third-order valence-electron chi connectivity index (χ3n) is 4.23. The predicted octanol–water partition coefficient (Wildman–Crippen LogP) is 3.26. The first-order chi connectivity index (χ1) is 9.58. The minimum absolute atomic E-state index is 0.0613. The molecule has 1 aromatic carbocycles. The van der Waals surface area contributed by atoms with E-state index in [2.05, 4.69) is 11.9 Å². The Balaban J connectivity index is 2.10. The molecule has 0 spiro atoms. The van der Waals surface area contributed by atoms with Gasteiger partial charge in [-0.3, -0.25) is 10.3 Å². The minimum Gasteiger partial charge on any atom is -0.384 e. The van der Waals surface area contributed by atoms with Crippen molar-refractivity contribution >= 4 is 5.84 Å². The van der Waals surface area contributed by atoms with Crippen LogP contribution in [0.15, 0.2) is 18.2 Å². The van der Waals surface area contributed by atoms with Gasteiger partial charge in [-0.2, -0.15) is 0 Å². The Hall–Kier alpha value is -1.42. The van der Waals surface area contributed by atoms with Crippen molar-refractivity contribution in [3.8, 4) is 0 Å². The topological polar surface area (TPSA) is 53.1 Å². The summed E-state index contributed by atoms with van der Waals surface area (Å²) in [7, 11) is 2.11. The van der Waals surface area contributed by atoms with Crippen molar-refractivity contribution in [2.24, 2.45) is 5.73 Å². The zero-order chi connectivity index (χ0) is 14.5. The van der Waals surface area contributed by atoms with Crippen molar-refractivity contribution in [3.63, 3.8) is 0 Å². The predicted molar refractivity (Wildman–Crippen MR) is 80.4 cm³/mol. The summed E-state index contributed by atoms with van der Waals surface area (Å²) < 4.78 is 13.3. The van der Waals surface area contributed by atoms with Crippen molar-refractivity contribution in [1.82, 2.24) is 4.90 Å². The molecule has 0 bridgehead atoms. The Bertz CT molecular complexity index is 465. The van der Waals surface area contributed by atoms with Crippen LogP contribution in [0, 0.1) is 11.2 Å². The fourth-order valence-electron chi connectivity index (χ4n) is 3.03. The Morgan fingerprint density at radius 2 is 1.95 bits per heavy atom. The molecule has 1 aromatic rings. The highest BCUT2D eigenvalue weighted by atomic mass is 19.1. The van der Waals surface area contributed by atoms with E-state index < -0.39 is 0 Å². The van der Waals surface area contributed by atoms with Gasteiger partial charge in [0.15, 0.2) is 0 Å². The molecule has 1 saturated carbocycles. The number of nitrogen functional groups attached to an aromatic ring is 1. The van der Waals surface area contributed by atoms with Crippen LogP contribution in [-0.2, 0) is 6.54 Å². The van der Waals surface area contributed by atoms with Crippen molar-refractivity contribution in [2.45, 2.75) is 51.1 Å². The fourth-order valence-corrected chi connectivity index (χ4v) is 3.03. The number of nitrogens with one attached hydrogen (secondary N) is 1. The van der Waals surface area contributed by atoms with Gasteiger partial charge in [-0.1, -0.05) is 31.7 Å². The van der Waals surface area contributed by atoms with E-state index in [4.69, 9.17) is 11.1 Å². The molecule has 1 fully saturated rings. The molecule has 0 amide bonds. The Labute approximate surface area is 120 Å². The van der Waals surface area contributed by atoms with E-state index >= 15 is 0 Å². The largest absolute Gasteiger partial charge is 0.384 e. The van der Waals surface area contributed by atoms with Crippen LogP contribution in [0.1, 0.15) is 49.7 Å². The third kappa shape index (κ3) is 3.79. The molecule has 1 aliphatic carbocycles. The maximum Gasteiger partial charge on any atom is 0.123 e. The van der Waals surface area contributed by atoms with Crippen LogP contribution >= 0.6 is 0 Å². The number of hydrogen-bond acceptors (Lipinski definition) is 2. The molecule has 4 heteroatoms. The Morgan fingerprint density at radius 1 is 1.30 bits per heavy atom. The molecule has 1 aliphatic rings. The first kappa shape index (κ1) is 15.0. The lowest BCUT2D eigenvalue weighted by atomic mass is 10.0. The summed E-state index contributed by atoms with van der Waals surface area (Å²) in [5.41, 5.74) is 7.02. The second-order valence-electron chi connectivity index (χ2n) is 5.78. The van der Waals surface area contributed by atoms with Gasteiger partial charge < -0.3 is 5.73 Å². The summed E-state index contributed by atoms with van der Waals surface area (Å²) >= 11 is 0. The molecule has 0 saturated heterocycles. The molecule has 0 unspecified atom stereocenters. The third-order valence-corrected chi connectivity index (χ3v) is 4.23. The monoisotopic (exact) mass is 277 g/mol. The van der Waals surface area contributed by atoms with Crippen molar-refractivity contribution in [3.05, 3.63) is 35.1 Å². The average Bonchev–Trinajstić information content (AvgIpc) is 2.69. The number of benzene rings is 1. The van der Waals surface area contributed by atoms with Gasteiger partial charge in [-0.15, -0.1) is 0 Å². The second-order valence-corrected chi connectivity index (χ2v) is 5.78. The van der Waals surface area contributed by atoms with Crippen LogP contribution in [0.4, 0.5) is 4.39 Å². The fraction of sp³-hybridized carbons (Fsp3) is 0.562. The maximum absolute atomic E-state index is 13.3. The summed E-state index contributed by atoms with van der Waals surface area (Å²) in [6, 6.07) is 5.14. The molecule has 3 N–H and O–H groups in total. The van der Waals surface area contributed by atoms with Gasteiger partial charge >= 0.3 is 0 Å². The average molecular weight is 277 g/mol.